The second-order valence-corrected chi connectivity index (χ2v) is 9.09. The Morgan fingerprint density at radius 2 is 1.55 bits per heavy atom. The van der Waals surface area contributed by atoms with E-state index in [2.05, 4.69) is 36.3 Å². The maximum Gasteiger partial charge on any atom is 0.292 e. The van der Waals surface area contributed by atoms with Gasteiger partial charge in [-0.3, -0.25) is 19.3 Å². The molecule has 0 unspecified atom stereocenters. The number of likely N-dealkylation sites (tertiary alicyclic amines) is 1. The summed E-state index contributed by atoms with van der Waals surface area (Å²) < 4.78 is 0. The van der Waals surface area contributed by atoms with Gasteiger partial charge in [-0.2, -0.15) is 0 Å². The fourth-order valence-electron chi connectivity index (χ4n) is 3.66. The van der Waals surface area contributed by atoms with Crippen LogP contribution in [0.3, 0.4) is 0 Å². The molecular weight excluding hydrogens is 390 g/mol. The Morgan fingerprint density at radius 1 is 0.935 bits per heavy atom. The molecule has 0 bridgehead atoms. The number of piperidine rings is 1. The van der Waals surface area contributed by atoms with Gasteiger partial charge in [0.2, 0.25) is 11.7 Å². The van der Waals surface area contributed by atoms with Gasteiger partial charge < -0.3 is 10.6 Å². The lowest BCUT2D eigenvalue weighted by Gasteiger charge is -2.31. The SMILES string of the molecule is CC(C)(C)c1ccc(C(=O)C(=O)NC2CCN(CC(=O)Nc3ccccc3)CC2)cc1. The molecule has 0 saturated carbocycles. The first-order chi connectivity index (χ1) is 14.7. The molecule has 6 heteroatoms. The number of para-hydroxylation sites is 1. The number of rotatable bonds is 6. The van der Waals surface area contributed by atoms with Gasteiger partial charge in [-0.1, -0.05) is 63.2 Å². The van der Waals surface area contributed by atoms with Gasteiger partial charge in [0.05, 0.1) is 6.54 Å². The van der Waals surface area contributed by atoms with Gasteiger partial charge in [-0.15, -0.1) is 0 Å². The molecule has 1 aliphatic heterocycles. The summed E-state index contributed by atoms with van der Waals surface area (Å²) in [6, 6.07) is 16.6. The monoisotopic (exact) mass is 421 g/mol. The van der Waals surface area contributed by atoms with Gasteiger partial charge in [0, 0.05) is 30.4 Å². The van der Waals surface area contributed by atoms with Gasteiger partial charge in [0.25, 0.3) is 5.91 Å². The van der Waals surface area contributed by atoms with Crippen LogP contribution in [0.2, 0.25) is 0 Å². The number of hydrogen-bond donors (Lipinski definition) is 2. The maximum atomic E-state index is 12.5. The summed E-state index contributed by atoms with van der Waals surface area (Å²) in [5.41, 5.74) is 2.30. The van der Waals surface area contributed by atoms with Crippen molar-refractivity contribution in [1.82, 2.24) is 10.2 Å². The molecule has 1 fully saturated rings. The van der Waals surface area contributed by atoms with E-state index in [4.69, 9.17) is 0 Å². The van der Waals surface area contributed by atoms with E-state index >= 15 is 0 Å². The van der Waals surface area contributed by atoms with Crippen LogP contribution in [0.4, 0.5) is 5.69 Å². The van der Waals surface area contributed by atoms with Crippen molar-refractivity contribution >= 4 is 23.3 Å². The molecule has 3 rings (SSSR count). The summed E-state index contributed by atoms with van der Waals surface area (Å²) in [5, 5.41) is 5.74. The molecule has 0 radical (unpaired) electrons. The molecule has 164 valence electrons. The van der Waals surface area contributed by atoms with E-state index in [1.54, 1.807) is 12.1 Å². The van der Waals surface area contributed by atoms with Crippen molar-refractivity contribution in [3.05, 3.63) is 65.7 Å². The minimum absolute atomic E-state index is 0.00416. The second-order valence-electron chi connectivity index (χ2n) is 9.09. The molecule has 31 heavy (non-hydrogen) atoms. The number of ketones is 1. The molecule has 0 aliphatic carbocycles. The van der Waals surface area contributed by atoms with Gasteiger partial charge >= 0.3 is 0 Å². The van der Waals surface area contributed by atoms with Crippen molar-refractivity contribution < 1.29 is 14.4 Å². The highest BCUT2D eigenvalue weighted by Crippen LogP contribution is 2.22. The highest BCUT2D eigenvalue weighted by Gasteiger charge is 2.25. The van der Waals surface area contributed by atoms with Crippen LogP contribution in [-0.2, 0) is 15.0 Å². The molecule has 2 aromatic carbocycles. The van der Waals surface area contributed by atoms with Gasteiger partial charge in [0.1, 0.15) is 0 Å². The zero-order valence-electron chi connectivity index (χ0n) is 18.5. The van der Waals surface area contributed by atoms with Crippen molar-refractivity contribution in [1.29, 1.82) is 0 Å². The quantitative estimate of drug-likeness (QED) is 0.554. The average Bonchev–Trinajstić information content (AvgIpc) is 2.74. The van der Waals surface area contributed by atoms with Crippen LogP contribution in [-0.4, -0.2) is 48.2 Å². The predicted molar refractivity (Wildman–Crippen MR) is 122 cm³/mol. The normalized spacial score (nSPS) is 15.3. The van der Waals surface area contributed by atoms with Crippen LogP contribution < -0.4 is 10.6 Å². The third-order valence-corrected chi connectivity index (χ3v) is 5.57. The lowest BCUT2D eigenvalue weighted by atomic mass is 9.86. The molecular formula is C25H31N3O3. The zero-order chi connectivity index (χ0) is 22.4. The summed E-state index contributed by atoms with van der Waals surface area (Å²) in [5.74, 6) is -1.13. The number of carbonyl (C=O) groups excluding carboxylic acids is 3. The maximum absolute atomic E-state index is 12.5. The third-order valence-electron chi connectivity index (χ3n) is 5.57. The fourth-order valence-corrected chi connectivity index (χ4v) is 3.66. The van der Waals surface area contributed by atoms with E-state index < -0.39 is 11.7 Å². The van der Waals surface area contributed by atoms with E-state index in [1.807, 2.05) is 42.5 Å². The molecule has 0 aromatic heterocycles. The summed E-state index contributed by atoms with van der Waals surface area (Å²) >= 11 is 0. The van der Waals surface area contributed by atoms with Crippen molar-refractivity contribution in [2.75, 3.05) is 25.0 Å². The Hall–Kier alpha value is -2.99. The first-order valence-corrected chi connectivity index (χ1v) is 10.8. The summed E-state index contributed by atoms with van der Waals surface area (Å²) in [6.07, 6.45) is 1.42. The number of nitrogens with one attached hydrogen (secondary N) is 2. The highest BCUT2D eigenvalue weighted by atomic mass is 16.2. The van der Waals surface area contributed by atoms with Crippen LogP contribution in [0.15, 0.2) is 54.6 Å². The Balaban J connectivity index is 1.44. The second kappa shape index (κ2) is 9.88. The standard InChI is InChI=1S/C25H31N3O3/c1-25(2,3)19-11-9-18(10-12-19)23(30)24(31)27-21-13-15-28(16-14-21)17-22(29)26-20-7-5-4-6-8-20/h4-12,21H,13-17H2,1-3H3,(H,26,29)(H,27,31). The smallest absolute Gasteiger partial charge is 0.292 e. The molecule has 0 atom stereocenters. The molecule has 1 aliphatic rings. The van der Waals surface area contributed by atoms with Crippen LogP contribution >= 0.6 is 0 Å². The molecule has 0 spiro atoms. The molecule has 2 aromatic rings. The Bertz CT molecular complexity index is 909. The van der Waals surface area contributed by atoms with E-state index in [0.717, 1.165) is 11.3 Å². The lowest BCUT2D eigenvalue weighted by Crippen LogP contribution is -2.48. The van der Waals surface area contributed by atoms with Gasteiger partial charge in [-0.05, 0) is 36.0 Å². The number of benzene rings is 2. The number of nitrogens with zero attached hydrogens (tertiary/aromatic N) is 1. The first-order valence-electron chi connectivity index (χ1n) is 10.8. The van der Waals surface area contributed by atoms with E-state index in [1.165, 1.54) is 0 Å². The summed E-state index contributed by atoms with van der Waals surface area (Å²) in [4.78, 5) is 39.2. The number of Topliss-reactive ketones (excluding diaryl/α,β-unsaturated/α-hetero) is 1. The molecule has 6 nitrogen and oxygen atoms in total. The molecule has 2 N–H and O–H groups in total. The summed E-state index contributed by atoms with van der Waals surface area (Å²) in [7, 11) is 0. The Labute approximate surface area is 184 Å². The van der Waals surface area contributed by atoms with Crippen molar-refractivity contribution in [3.63, 3.8) is 0 Å². The van der Waals surface area contributed by atoms with Gasteiger partial charge in [-0.25, -0.2) is 0 Å². The molecule has 1 saturated heterocycles. The number of carbonyl (C=O) groups is 3. The fraction of sp³-hybridized carbons (Fsp3) is 0.400. The number of amides is 2. The third kappa shape index (κ3) is 6.49. The molecule has 2 amide bonds. The minimum Gasteiger partial charge on any atom is -0.346 e. The Morgan fingerprint density at radius 3 is 2.13 bits per heavy atom. The van der Waals surface area contributed by atoms with Crippen molar-refractivity contribution in [2.45, 2.75) is 45.1 Å². The van der Waals surface area contributed by atoms with E-state index in [-0.39, 0.29) is 17.4 Å². The number of hydrogen-bond acceptors (Lipinski definition) is 4. The first kappa shape index (κ1) is 22.7. The summed E-state index contributed by atoms with van der Waals surface area (Å²) in [6.45, 7) is 8.02. The van der Waals surface area contributed by atoms with Crippen LogP contribution in [0, 0.1) is 0 Å². The van der Waals surface area contributed by atoms with E-state index in [9.17, 15) is 14.4 Å². The van der Waals surface area contributed by atoms with Crippen molar-refractivity contribution in [3.8, 4) is 0 Å². The van der Waals surface area contributed by atoms with E-state index in [0.29, 0.717) is 38.0 Å². The van der Waals surface area contributed by atoms with Crippen molar-refractivity contribution in [2.24, 2.45) is 0 Å². The van der Waals surface area contributed by atoms with Crippen LogP contribution in [0.5, 0.6) is 0 Å². The van der Waals surface area contributed by atoms with Gasteiger partial charge in [0.15, 0.2) is 0 Å². The van der Waals surface area contributed by atoms with Crippen LogP contribution in [0.25, 0.3) is 0 Å². The predicted octanol–water partition coefficient (Wildman–Crippen LogP) is 3.39. The number of anilines is 1. The zero-order valence-corrected chi connectivity index (χ0v) is 18.5. The minimum atomic E-state index is -0.566. The topological polar surface area (TPSA) is 78.5 Å². The highest BCUT2D eigenvalue weighted by molar-refractivity contribution is 6.42. The molecule has 1 heterocycles. The average molecular weight is 422 g/mol. The Kier molecular flexibility index (Phi) is 7.23. The largest absolute Gasteiger partial charge is 0.346 e. The van der Waals surface area contributed by atoms with Crippen LogP contribution in [0.1, 0.15) is 49.5 Å². The lowest BCUT2D eigenvalue weighted by molar-refractivity contribution is -0.119.